The number of hydrogen-bond donors (Lipinski definition) is 1. The summed E-state index contributed by atoms with van der Waals surface area (Å²) < 4.78 is 16.6. The highest BCUT2D eigenvalue weighted by Gasteiger charge is 2.39. The van der Waals surface area contributed by atoms with Gasteiger partial charge in [-0.2, -0.15) is 4.98 Å². The summed E-state index contributed by atoms with van der Waals surface area (Å²) in [5, 5.41) is 5.99. The van der Waals surface area contributed by atoms with Crippen LogP contribution in [0.3, 0.4) is 0 Å². The lowest BCUT2D eigenvalue weighted by Crippen LogP contribution is -2.44. The molecule has 25 heavy (non-hydrogen) atoms. The number of thiazole rings is 1. The van der Waals surface area contributed by atoms with Gasteiger partial charge in [-0.3, -0.25) is 0 Å². The van der Waals surface area contributed by atoms with Crippen LogP contribution in [0.25, 0.3) is 11.5 Å². The SMILES string of the molecule is COc1cc(-c2nc(C3(N)CCC3)no2)ccc1OCc1cscn1. The predicted octanol–water partition coefficient (Wildman–Crippen LogP) is 3.12. The number of ether oxygens (including phenoxy) is 2. The number of aromatic nitrogens is 3. The quantitative estimate of drug-likeness (QED) is 0.723. The summed E-state index contributed by atoms with van der Waals surface area (Å²) in [6.07, 6.45) is 2.87. The predicted molar refractivity (Wildman–Crippen MR) is 92.4 cm³/mol. The molecule has 0 saturated heterocycles. The van der Waals surface area contributed by atoms with Crippen molar-refractivity contribution in [3.63, 3.8) is 0 Å². The highest BCUT2D eigenvalue weighted by atomic mass is 32.1. The zero-order valence-corrected chi connectivity index (χ0v) is 14.6. The fraction of sp³-hybridized carbons (Fsp3) is 0.353. The van der Waals surface area contributed by atoms with Crippen LogP contribution in [-0.4, -0.2) is 22.2 Å². The van der Waals surface area contributed by atoms with Crippen LogP contribution >= 0.6 is 11.3 Å². The van der Waals surface area contributed by atoms with E-state index in [4.69, 9.17) is 19.7 Å². The average Bonchev–Trinajstić information content (AvgIpc) is 3.29. The van der Waals surface area contributed by atoms with E-state index in [1.807, 2.05) is 23.6 Å². The molecule has 0 radical (unpaired) electrons. The van der Waals surface area contributed by atoms with E-state index in [1.54, 1.807) is 12.6 Å². The van der Waals surface area contributed by atoms with Crippen molar-refractivity contribution in [3.05, 3.63) is 40.6 Å². The second-order valence-corrected chi connectivity index (χ2v) is 6.79. The summed E-state index contributed by atoms with van der Waals surface area (Å²) in [5.74, 6) is 2.22. The molecule has 1 aromatic carbocycles. The summed E-state index contributed by atoms with van der Waals surface area (Å²) in [4.78, 5) is 8.66. The van der Waals surface area contributed by atoms with Gasteiger partial charge in [0.2, 0.25) is 0 Å². The molecule has 8 heteroatoms. The highest BCUT2D eigenvalue weighted by molar-refractivity contribution is 7.07. The minimum atomic E-state index is -0.442. The Balaban J connectivity index is 1.54. The van der Waals surface area contributed by atoms with Crippen molar-refractivity contribution in [1.82, 2.24) is 15.1 Å². The summed E-state index contributed by atoms with van der Waals surface area (Å²) in [5.41, 5.74) is 9.23. The van der Waals surface area contributed by atoms with Crippen molar-refractivity contribution in [3.8, 4) is 23.0 Å². The number of nitrogens with zero attached hydrogens (tertiary/aromatic N) is 3. The molecule has 1 fully saturated rings. The minimum Gasteiger partial charge on any atom is -0.493 e. The molecule has 0 bridgehead atoms. The molecule has 130 valence electrons. The number of nitrogens with two attached hydrogens (primary N) is 1. The summed E-state index contributed by atoms with van der Waals surface area (Å²) in [7, 11) is 1.59. The first kappa shape index (κ1) is 16.0. The van der Waals surface area contributed by atoms with Gasteiger partial charge in [-0.1, -0.05) is 5.16 Å². The third-order valence-electron chi connectivity index (χ3n) is 4.39. The first-order valence-electron chi connectivity index (χ1n) is 7.99. The first-order chi connectivity index (χ1) is 12.2. The molecule has 7 nitrogen and oxygen atoms in total. The molecule has 0 amide bonds. The Morgan fingerprint density at radius 3 is 2.88 bits per heavy atom. The van der Waals surface area contributed by atoms with E-state index in [1.165, 1.54) is 11.3 Å². The van der Waals surface area contributed by atoms with Crippen molar-refractivity contribution in [2.45, 2.75) is 31.4 Å². The number of methoxy groups -OCH3 is 1. The lowest BCUT2D eigenvalue weighted by Gasteiger charge is -2.34. The standard InChI is InChI=1S/C17H18N4O3S/c1-22-14-7-11(3-4-13(14)23-8-12-9-25-10-19-12)15-20-16(21-24-15)17(18)5-2-6-17/h3-4,7,9-10H,2,5-6,8,18H2,1H3. The highest BCUT2D eigenvalue weighted by Crippen LogP contribution is 2.38. The van der Waals surface area contributed by atoms with E-state index in [-0.39, 0.29) is 0 Å². The molecule has 2 N–H and O–H groups in total. The minimum absolute atomic E-state index is 0.388. The van der Waals surface area contributed by atoms with Crippen LogP contribution in [0.4, 0.5) is 0 Å². The second kappa shape index (κ2) is 6.45. The van der Waals surface area contributed by atoms with E-state index in [9.17, 15) is 0 Å². The number of hydrogen-bond acceptors (Lipinski definition) is 8. The maximum atomic E-state index is 6.25. The zero-order chi connectivity index (χ0) is 17.3. The van der Waals surface area contributed by atoms with Gasteiger partial charge >= 0.3 is 0 Å². The summed E-state index contributed by atoms with van der Waals surface area (Å²) in [6, 6.07) is 5.50. The first-order valence-corrected chi connectivity index (χ1v) is 8.93. The lowest BCUT2D eigenvalue weighted by atomic mass is 9.77. The topological polar surface area (TPSA) is 96.3 Å². The zero-order valence-electron chi connectivity index (χ0n) is 13.8. The molecule has 0 atom stereocenters. The van der Waals surface area contributed by atoms with Gasteiger partial charge in [-0.05, 0) is 37.5 Å². The Kier molecular flexibility index (Phi) is 4.14. The van der Waals surface area contributed by atoms with Crippen LogP contribution in [0.5, 0.6) is 11.5 Å². The van der Waals surface area contributed by atoms with Crippen LogP contribution in [0.1, 0.15) is 30.8 Å². The maximum Gasteiger partial charge on any atom is 0.258 e. The molecule has 0 aliphatic heterocycles. The molecule has 4 rings (SSSR count). The normalized spacial score (nSPS) is 15.6. The van der Waals surface area contributed by atoms with E-state index in [0.717, 1.165) is 30.5 Å². The smallest absolute Gasteiger partial charge is 0.258 e. The Morgan fingerprint density at radius 1 is 1.32 bits per heavy atom. The molecule has 2 heterocycles. The van der Waals surface area contributed by atoms with Crippen molar-refractivity contribution in [2.75, 3.05) is 7.11 Å². The molecule has 1 aliphatic rings. The average molecular weight is 358 g/mol. The Bertz CT molecular complexity index is 859. The van der Waals surface area contributed by atoms with Crippen molar-refractivity contribution in [2.24, 2.45) is 5.73 Å². The van der Waals surface area contributed by atoms with Crippen molar-refractivity contribution in [1.29, 1.82) is 0 Å². The molecule has 0 unspecified atom stereocenters. The van der Waals surface area contributed by atoms with Crippen molar-refractivity contribution >= 4 is 11.3 Å². The summed E-state index contributed by atoms with van der Waals surface area (Å²) >= 11 is 1.54. The van der Waals surface area contributed by atoms with Gasteiger partial charge in [0.15, 0.2) is 17.3 Å². The van der Waals surface area contributed by atoms with E-state index >= 15 is 0 Å². The molecule has 2 aromatic heterocycles. The van der Waals surface area contributed by atoms with Crippen LogP contribution in [0, 0.1) is 0 Å². The largest absolute Gasteiger partial charge is 0.493 e. The monoisotopic (exact) mass is 358 g/mol. The lowest BCUT2D eigenvalue weighted by molar-refractivity contribution is 0.229. The van der Waals surface area contributed by atoms with E-state index in [0.29, 0.717) is 29.8 Å². The second-order valence-electron chi connectivity index (χ2n) is 6.07. The third kappa shape index (κ3) is 3.10. The molecule has 3 aromatic rings. The molecular weight excluding hydrogens is 340 g/mol. The van der Waals surface area contributed by atoms with E-state index < -0.39 is 5.54 Å². The third-order valence-corrected chi connectivity index (χ3v) is 5.02. The number of benzene rings is 1. The van der Waals surface area contributed by atoms with E-state index in [2.05, 4.69) is 15.1 Å². The number of rotatable bonds is 6. The van der Waals surface area contributed by atoms with Gasteiger partial charge in [0.1, 0.15) is 6.61 Å². The van der Waals surface area contributed by atoms with Gasteiger partial charge in [0.25, 0.3) is 5.89 Å². The Hall–Kier alpha value is -2.45. The maximum absolute atomic E-state index is 6.25. The molecule has 1 aliphatic carbocycles. The molecular formula is C17H18N4O3S. The fourth-order valence-corrected chi connectivity index (χ4v) is 3.25. The van der Waals surface area contributed by atoms with Crippen molar-refractivity contribution < 1.29 is 14.0 Å². The van der Waals surface area contributed by atoms with Crippen LogP contribution in [-0.2, 0) is 12.1 Å². The fourth-order valence-electron chi connectivity index (χ4n) is 2.70. The van der Waals surface area contributed by atoms with Crippen LogP contribution in [0.15, 0.2) is 33.6 Å². The molecule has 1 saturated carbocycles. The summed E-state index contributed by atoms with van der Waals surface area (Å²) in [6.45, 7) is 0.388. The van der Waals surface area contributed by atoms with Gasteiger partial charge in [0.05, 0.1) is 23.9 Å². The molecule has 0 spiro atoms. The Morgan fingerprint density at radius 2 is 2.20 bits per heavy atom. The Labute approximate surface area is 148 Å². The van der Waals surface area contributed by atoms with Gasteiger partial charge in [-0.25, -0.2) is 4.98 Å². The van der Waals surface area contributed by atoms with Crippen LogP contribution in [0.2, 0.25) is 0 Å². The van der Waals surface area contributed by atoms with Gasteiger partial charge in [0, 0.05) is 10.9 Å². The van der Waals surface area contributed by atoms with Gasteiger partial charge in [-0.15, -0.1) is 11.3 Å². The van der Waals surface area contributed by atoms with Crippen LogP contribution < -0.4 is 15.2 Å². The van der Waals surface area contributed by atoms with Gasteiger partial charge < -0.3 is 19.7 Å².